The lowest BCUT2D eigenvalue weighted by molar-refractivity contribution is 0.102. The molecule has 0 bridgehead atoms. The van der Waals surface area contributed by atoms with Gasteiger partial charge >= 0.3 is 0 Å². The molecule has 1 aromatic carbocycles. The van der Waals surface area contributed by atoms with Crippen molar-refractivity contribution in [1.29, 1.82) is 0 Å². The Bertz CT molecular complexity index is 774. The molecule has 0 unspecified atom stereocenters. The van der Waals surface area contributed by atoms with Gasteiger partial charge in [0.2, 0.25) is 10.0 Å². The molecule has 0 atom stereocenters. The van der Waals surface area contributed by atoms with Crippen molar-refractivity contribution in [1.82, 2.24) is 4.72 Å². The minimum absolute atomic E-state index is 0.0343. The second kappa shape index (κ2) is 7.38. The van der Waals surface area contributed by atoms with Crippen molar-refractivity contribution in [3.05, 3.63) is 51.7 Å². The van der Waals surface area contributed by atoms with E-state index in [0.29, 0.717) is 23.8 Å². The lowest BCUT2D eigenvalue weighted by atomic mass is 10.0. The largest absolute Gasteiger partial charge is 0.294 e. The molecule has 1 N–H and O–H groups in total. The van der Waals surface area contributed by atoms with Crippen LogP contribution in [0.5, 0.6) is 0 Å². The number of ketones is 1. The number of carbonyl (C=O) groups excluding carboxylic acids is 1. The highest BCUT2D eigenvalue weighted by Crippen LogP contribution is 2.19. The van der Waals surface area contributed by atoms with Crippen molar-refractivity contribution >= 4 is 27.1 Å². The molecule has 0 saturated carbocycles. The van der Waals surface area contributed by atoms with E-state index < -0.39 is 10.0 Å². The second-order valence-electron chi connectivity index (χ2n) is 5.69. The van der Waals surface area contributed by atoms with Crippen LogP contribution in [0.4, 0.5) is 0 Å². The van der Waals surface area contributed by atoms with E-state index in [2.05, 4.69) is 18.6 Å². The monoisotopic (exact) mass is 351 g/mol. The van der Waals surface area contributed by atoms with Gasteiger partial charge in [-0.05, 0) is 49.1 Å². The predicted molar refractivity (Wildman–Crippen MR) is 93.7 cm³/mol. The fourth-order valence-electron chi connectivity index (χ4n) is 2.13. The molecule has 0 aliphatic carbocycles. The normalized spacial score (nSPS) is 11.8. The van der Waals surface area contributed by atoms with Crippen molar-refractivity contribution in [3.63, 3.8) is 0 Å². The van der Waals surface area contributed by atoms with Crippen LogP contribution in [0.2, 0.25) is 0 Å². The van der Waals surface area contributed by atoms with Crippen LogP contribution in [0.15, 0.2) is 41.3 Å². The van der Waals surface area contributed by atoms with Crippen molar-refractivity contribution in [3.8, 4) is 0 Å². The summed E-state index contributed by atoms with van der Waals surface area (Å²) >= 11 is 1.41. The van der Waals surface area contributed by atoms with Crippen LogP contribution in [0, 0.1) is 0 Å². The van der Waals surface area contributed by atoms with E-state index in [-0.39, 0.29) is 10.7 Å². The zero-order valence-electron chi connectivity index (χ0n) is 13.5. The van der Waals surface area contributed by atoms with Crippen LogP contribution in [0.3, 0.4) is 0 Å². The van der Waals surface area contributed by atoms with Gasteiger partial charge in [0.05, 0.1) is 9.77 Å². The number of thiophene rings is 1. The summed E-state index contributed by atoms with van der Waals surface area (Å²) in [5, 5.41) is 0. The Kier molecular flexibility index (Phi) is 5.73. The van der Waals surface area contributed by atoms with Crippen molar-refractivity contribution < 1.29 is 13.2 Å². The van der Waals surface area contributed by atoms with Crippen LogP contribution in [-0.2, 0) is 16.4 Å². The van der Waals surface area contributed by atoms with Crippen molar-refractivity contribution in [2.75, 3.05) is 6.54 Å². The Morgan fingerprint density at radius 2 is 1.78 bits per heavy atom. The number of benzene rings is 1. The highest BCUT2D eigenvalue weighted by Gasteiger charge is 2.14. The Morgan fingerprint density at radius 1 is 1.13 bits per heavy atom. The van der Waals surface area contributed by atoms with Gasteiger partial charge in [-0.2, -0.15) is 0 Å². The van der Waals surface area contributed by atoms with E-state index in [4.69, 9.17) is 0 Å². The number of sulfonamides is 1. The van der Waals surface area contributed by atoms with Crippen LogP contribution < -0.4 is 4.72 Å². The van der Waals surface area contributed by atoms with Gasteiger partial charge in [0, 0.05) is 11.4 Å². The minimum Gasteiger partial charge on any atom is -0.294 e. The first-order valence-corrected chi connectivity index (χ1v) is 9.79. The molecule has 2 rings (SSSR count). The molecular formula is C17H21NO3S2. The van der Waals surface area contributed by atoms with Crippen LogP contribution >= 0.6 is 11.3 Å². The molecule has 0 spiro atoms. The van der Waals surface area contributed by atoms with Gasteiger partial charge in [-0.1, -0.05) is 26.0 Å². The number of rotatable bonds is 7. The smallest absolute Gasteiger partial charge is 0.240 e. The number of Topliss-reactive ketones (excluding diaryl/α,β-unsaturated/α-hetero) is 1. The standard InChI is InChI=1S/C17H21NO3S2/c1-12(2)14-4-7-16(8-5-14)23(20,21)18-11-10-15-6-9-17(22-15)13(3)19/h4-9,12,18H,10-11H2,1-3H3. The molecule has 0 aliphatic rings. The van der Waals surface area contributed by atoms with E-state index in [1.165, 1.54) is 18.3 Å². The summed E-state index contributed by atoms with van der Waals surface area (Å²) in [6.45, 7) is 5.97. The summed E-state index contributed by atoms with van der Waals surface area (Å²) in [5.41, 5.74) is 1.11. The minimum atomic E-state index is -3.49. The Labute approximate surface area is 141 Å². The van der Waals surface area contributed by atoms with Crippen molar-refractivity contribution in [2.45, 2.75) is 38.0 Å². The number of hydrogen-bond acceptors (Lipinski definition) is 4. The summed E-state index contributed by atoms with van der Waals surface area (Å²) in [4.78, 5) is 13.2. The van der Waals surface area contributed by atoms with Gasteiger partial charge in [0.25, 0.3) is 0 Å². The highest BCUT2D eigenvalue weighted by atomic mass is 32.2. The van der Waals surface area contributed by atoms with Gasteiger partial charge < -0.3 is 0 Å². The molecule has 0 amide bonds. The summed E-state index contributed by atoms with van der Waals surface area (Å²) in [7, 11) is -3.49. The third kappa shape index (κ3) is 4.73. The predicted octanol–water partition coefficient (Wildman–Crippen LogP) is 3.60. The molecule has 0 radical (unpaired) electrons. The van der Waals surface area contributed by atoms with Gasteiger partial charge in [0.1, 0.15) is 0 Å². The van der Waals surface area contributed by atoms with Gasteiger partial charge in [-0.25, -0.2) is 13.1 Å². The Hall–Kier alpha value is -1.50. The molecule has 1 heterocycles. The first-order chi connectivity index (χ1) is 10.8. The van der Waals surface area contributed by atoms with E-state index in [1.807, 2.05) is 18.2 Å². The molecule has 0 saturated heterocycles. The fraction of sp³-hybridized carbons (Fsp3) is 0.353. The summed E-state index contributed by atoms with van der Waals surface area (Å²) in [6, 6.07) is 10.6. The summed E-state index contributed by atoms with van der Waals surface area (Å²) in [6.07, 6.45) is 0.571. The molecule has 4 nitrogen and oxygen atoms in total. The third-order valence-corrected chi connectivity index (χ3v) is 6.25. The molecule has 0 fully saturated rings. The number of nitrogens with one attached hydrogen (secondary N) is 1. The lowest BCUT2D eigenvalue weighted by Gasteiger charge is -2.09. The second-order valence-corrected chi connectivity index (χ2v) is 8.63. The Balaban J connectivity index is 1.96. The van der Waals surface area contributed by atoms with E-state index in [1.54, 1.807) is 18.2 Å². The highest BCUT2D eigenvalue weighted by molar-refractivity contribution is 7.89. The maximum Gasteiger partial charge on any atom is 0.240 e. The molecule has 6 heteroatoms. The summed E-state index contributed by atoms with van der Waals surface area (Å²) < 4.78 is 27.1. The van der Waals surface area contributed by atoms with Crippen LogP contribution in [0.25, 0.3) is 0 Å². The molecule has 23 heavy (non-hydrogen) atoms. The molecule has 1 aromatic heterocycles. The quantitative estimate of drug-likeness (QED) is 0.775. The van der Waals surface area contributed by atoms with E-state index in [9.17, 15) is 13.2 Å². The maximum absolute atomic E-state index is 12.3. The summed E-state index contributed by atoms with van der Waals surface area (Å²) in [5.74, 6) is 0.404. The zero-order chi connectivity index (χ0) is 17.0. The van der Waals surface area contributed by atoms with Crippen LogP contribution in [-0.4, -0.2) is 20.7 Å². The average Bonchev–Trinajstić information content (AvgIpc) is 2.96. The van der Waals surface area contributed by atoms with Crippen LogP contribution in [0.1, 0.15) is 46.8 Å². The lowest BCUT2D eigenvalue weighted by Crippen LogP contribution is -2.25. The maximum atomic E-state index is 12.3. The van der Waals surface area contributed by atoms with Gasteiger partial charge in [-0.3, -0.25) is 4.79 Å². The average molecular weight is 351 g/mol. The SMILES string of the molecule is CC(=O)c1ccc(CCNS(=O)(=O)c2ccc(C(C)C)cc2)s1. The Morgan fingerprint density at radius 3 is 2.30 bits per heavy atom. The van der Waals surface area contributed by atoms with Crippen molar-refractivity contribution in [2.24, 2.45) is 0 Å². The number of carbonyl (C=O) groups is 1. The van der Waals surface area contributed by atoms with Gasteiger partial charge in [-0.15, -0.1) is 11.3 Å². The first kappa shape index (κ1) is 17.8. The van der Waals surface area contributed by atoms with E-state index >= 15 is 0 Å². The molecule has 124 valence electrons. The fourth-order valence-corrected chi connectivity index (χ4v) is 4.06. The van der Waals surface area contributed by atoms with E-state index in [0.717, 1.165) is 10.4 Å². The molecular weight excluding hydrogens is 330 g/mol. The topological polar surface area (TPSA) is 63.2 Å². The number of hydrogen-bond donors (Lipinski definition) is 1. The molecule has 2 aromatic rings. The zero-order valence-corrected chi connectivity index (χ0v) is 15.1. The van der Waals surface area contributed by atoms with Gasteiger partial charge in [0.15, 0.2) is 5.78 Å². The first-order valence-electron chi connectivity index (χ1n) is 7.49. The third-order valence-electron chi connectivity index (χ3n) is 3.53. The molecule has 0 aliphatic heterocycles.